The predicted molar refractivity (Wildman–Crippen MR) is 93.8 cm³/mol. The summed E-state index contributed by atoms with van der Waals surface area (Å²) in [4.78, 5) is 29.1. The highest BCUT2D eigenvalue weighted by Gasteiger charge is 2.21. The molecule has 8 heteroatoms. The van der Waals surface area contributed by atoms with Crippen LogP contribution in [0.5, 0.6) is 0 Å². The van der Waals surface area contributed by atoms with Gasteiger partial charge in [0.25, 0.3) is 11.8 Å². The molecule has 0 radical (unpaired) electrons. The summed E-state index contributed by atoms with van der Waals surface area (Å²) in [7, 11) is 1.54. The molecule has 0 unspecified atom stereocenters. The molecule has 0 aliphatic heterocycles. The molecule has 26 heavy (non-hydrogen) atoms. The number of rotatable bonds is 6. The van der Waals surface area contributed by atoms with Gasteiger partial charge in [0.1, 0.15) is 5.82 Å². The van der Waals surface area contributed by atoms with Gasteiger partial charge in [0.2, 0.25) is 5.82 Å². The molecule has 3 aromatic rings. The molecule has 2 heterocycles. The number of imidazole rings is 1. The quantitative estimate of drug-likeness (QED) is 0.663. The summed E-state index contributed by atoms with van der Waals surface area (Å²) in [5.41, 5.74) is 1.02. The summed E-state index contributed by atoms with van der Waals surface area (Å²) in [5, 5.41) is 5.33. The fourth-order valence-electron chi connectivity index (χ4n) is 2.43. The van der Waals surface area contributed by atoms with Crippen LogP contribution in [0.2, 0.25) is 0 Å². The number of pyridine rings is 1. The Bertz CT molecular complexity index is 937. The predicted octanol–water partition coefficient (Wildman–Crippen LogP) is 2.10. The van der Waals surface area contributed by atoms with Crippen LogP contribution in [-0.4, -0.2) is 41.5 Å². The molecule has 2 aromatic heterocycles. The van der Waals surface area contributed by atoms with Crippen molar-refractivity contribution in [3.63, 3.8) is 0 Å². The van der Waals surface area contributed by atoms with Crippen molar-refractivity contribution >= 4 is 23.0 Å². The Kier molecular flexibility index (Phi) is 5.23. The zero-order valence-electron chi connectivity index (χ0n) is 14.0. The third kappa shape index (κ3) is 3.70. The zero-order chi connectivity index (χ0) is 18.5. The Balaban J connectivity index is 1.89. The highest BCUT2D eigenvalue weighted by Crippen LogP contribution is 2.16. The maximum Gasteiger partial charge on any atom is 0.287 e. The van der Waals surface area contributed by atoms with E-state index in [1.807, 2.05) is 0 Å². The van der Waals surface area contributed by atoms with Gasteiger partial charge < -0.3 is 15.4 Å². The number of benzene rings is 1. The lowest BCUT2D eigenvalue weighted by molar-refractivity contribution is 0.0926. The maximum absolute atomic E-state index is 13.0. The van der Waals surface area contributed by atoms with E-state index in [-0.39, 0.29) is 11.5 Å². The van der Waals surface area contributed by atoms with E-state index in [2.05, 4.69) is 15.6 Å². The smallest absolute Gasteiger partial charge is 0.287 e. The minimum atomic E-state index is -0.490. The first-order chi connectivity index (χ1) is 12.6. The summed E-state index contributed by atoms with van der Waals surface area (Å²) in [5.74, 6) is -1.20. The molecule has 0 bridgehead atoms. The van der Waals surface area contributed by atoms with Crippen LogP contribution < -0.4 is 10.6 Å². The molecule has 0 aliphatic carbocycles. The number of aromatic nitrogens is 2. The first-order valence-electron chi connectivity index (χ1n) is 7.91. The van der Waals surface area contributed by atoms with Gasteiger partial charge >= 0.3 is 0 Å². The van der Waals surface area contributed by atoms with Gasteiger partial charge in [0, 0.05) is 25.5 Å². The number of hydrogen-bond acceptors (Lipinski definition) is 4. The summed E-state index contributed by atoms with van der Waals surface area (Å²) in [6.45, 7) is 0.696. The number of carbonyl (C=O) groups is 2. The molecular weight excluding hydrogens is 339 g/mol. The summed E-state index contributed by atoms with van der Waals surface area (Å²) < 4.78 is 19.4. The van der Waals surface area contributed by atoms with Gasteiger partial charge in [0.05, 0.1) is 12.1 Å². The third-order valence-electron chi connectivity index (χ3n) is 3.66. The van der Waals surface area contributed by atoms with Gasteiger partial charge in [-0.25, -0.2) is 9.37 Å². The van der Waals surface area contributed by atoms with Crippen LogP contribution in [0, 0.1) is 5.82 Å². The van der Waals surface area contributed by atoms with E-state index in [9.17, 15) is 14.0 Å². The molecule has 0 aliphatic rings. The molecule has 2 amide bonds. The highest BCUT2D eigenvalue weighted by molar-refractivity contribution is 6.08. The summed E-state index contributed by atoms with van der Waals surface area (Å²) in [6, 6.07) is 10.6. The Labute approximate surface area is 148 Å². The first-order valence-corrected chi connectivity index (χ1v) is 7.91. The van der Waals surface area contributed by atoms with Gasteiger partial charge in [-0.1, -0.05) is 6.07 Å². The lowest BCUT2D eigenvalue weighted by Crippen LogP contribution is -2.28. The first kappa shape index (κ1) is 17.6. The third-order valence-corrected chi connectivity index (χ3v) is 3.66. The molecule has 3 rings (SSSR count). The Morgan fingerprint density at radius 2 is 1.92 bits per heavy atom. The largest absolute Gasteiger partial charge is 0.383 e. The number of ether oxygens (including phenoxy) is 1. The van der Waals surface area contributed by atoms with Crippen molar-refractivity contribution in [3.8, 4) is 0 Å². The number of fused-ring (bicyclic) bond motifs is 1. The number of nitrogens with zero attached hydrogens (tertiary/aromatic N) is 2. The Morgan fingerprint density at radius 3 is 2.65 bits per heavy atom. The number of nitrogens with one attached hydrogen (secondary N) is 2. The second-order valence-corrected chi connectivity index (χ2v) is 5.45. The highest BCUT2D eigenvalue weighted by atomic mass is 19.1. The molecule has 0 saturated carbocycles. The standard InChI is InChI=1S/C18H17FN4O3/c1-26-11-9-20-18(25)16-22-15(14-4-2-3-10-23(14)16)17(24)21-13-7-5-12(19)6-8-13/h2-8,10H,9,11H2,1H3,(H,20,25)(H,21,24). The lowest BCUT2D eigenvalue weighted by Gasteiger charge is -2.03. The van der Waals surface area contributed by atoms with E-state index >= 15 is 0 Å². The van der Waals surface area contributed by atoms with Crippen molar-refractivity contribution < 1.29 is 18.7 Å². The van der Waals surface area contributed by atoms with Gasteiger partial charge in [-0.3, -0.25) is 14.0 Å². The lowest BCUT2D eigenvalue weighted by atomic mass is 10.2. The Morgan fingerprint density at radius 1 is 1.15 bits per heavy atom. The van der Waals surface area contributed by atoms with Gasteiger partial charge in [-0.15, -0.1) is 0 Å². The van der Waals surface area contributed by atoms with Crippen LogP contribution in [-0.2, 0) is 4.74 Å². The molecule has 2 N–H and O–H groups in total. The normalized spacial score (nSPS) is 10.7. The van der Waals surface area contributed by atoms with E-state index < -0.39 is 17.6 Å². The minimum Gasteiger partial charge on any atom is -0.383 e. The summed E-state index contributed by atoms with van der Waals surface area (Å²) >= 11 is 0. The fourth-order valence-corrected chi connectivity index (χ4v) is 2.43. The van der Waals surface area contributed by atoms with Crippen molar-refractivity contribution in [2.45, 2.75) is 0 Å². The number of carbonyl (C=O) groups excluding carboxylic acids is 2. The van der Waals surface area contributed by atoms with Crippen molar-refractivity contribution in [3.05, 3.63) is 66.0 Å². The molecule has 0 saturated heterocycles. The zero-order valence-corrected chi connectivity index (χ0v) is 14.0. The van der Waals surface area contributed by atoms with Gasteiger partial charge in [0.15, 0.2) is 5.69 Å². The number of halogens is 1. The van der Waals surface area contributed by atoms with Crippen molar-refractivity contribution in [2.75, 3.05) is 25.6 Å². The topological polar surface area (TPSA) is 84.7 Å². The van der Waals surface area contributed by atoms with Gasteiger partial charge in [-0.05, 0) is 36.4 Å². The fraction of sp³-hybridized carbons (Fsp3) is 0.167. The number of hydrogen-bond donors (Lipinski definition) is 2. The van der Waals surface area contributed by atoms with E-state index in [0.29, 0.717) is 24.4 Å². The summed E-state index contributed by atoms with van der Waals surface area (Å²) in [6.07, 6.45) is 1.66. The second kappa shape index (κ2) is 7.75. The molecular formula is C18H17FN4O3. The monoisotopic (exact) mass is 356 g/mol. The van der Waals surface area contributed by atoms with Crippen LogP contribution in [0.1, 0.15) is 21.1 Å². The Hall–Kier alpha value is -3.26. The van der Waals surface area contributed by atoms with Crippen LogP contribution in [0.15, 0.2) is 48.7 Å². The molecule has 0 fully saturated rings. The van der Waals surface area contributed by atoms with Crippen molar-refractivity contribution in [2.24, 2.45) is 0 Å². The van der Waals surface area contributed by atoms with E-state index in [0.717, 1.165) is 0 Å². The van der Waals surface area contributed by atoms with E-state index in [1.165, 1.54) is 31.4 Å². The maximum atomic E-state index is 13.0. The van der Waals surface area contributed by atoms with E-state index in [1.54, 1.807) is 28.8 Å². The molecule has 0 atom stereocenters. The molecule has 134 valence electrons. The average Bonchev–Trinajstić information content (AvgIpc) is 3.04. The van der Waals surface area contributed by atoms with Gasteiger partial charge in [-0.2, -0.15) is 0 Å². The van der Waals surface area contributed by atoms with Crippen molar-refractivity contribution in [1.82, 2.24) is 14.7 Å². The minimum absolute atomic E-state index is 0.0981. The van der Waals surface area contributed by atoms with Crippen LogP contribution in [0.25, 0.3) is 5.52 Å². The van der Waals surface area contributed by atoms with Crippen LogP contribution in [0.4, 0.5) is 10.1 Å². The molecule has 0 spiro atoms. The average molecular weight is 356 g/mol. The number of methoxy groups -OCH3 is 1. The molecule has 1 aromatic carbocycles. The van der Waals surface area contributed by atoms with Crippen molar-refractivity contribution in [1.29, 1.82) is 0 Å². The second-order valence-electron chi connectivity index (χ2n) is 5.45. The molecule has 7 nitrogen and oxygen atoms in total. The van der Waals surface area contributed by atoms with Crippen LogP contribution >= 0.6 is 0 Å². The number of anilines is 1. The number of amides is 2. The van der Waals surface area contributed by atoms with E-state index in [4.69, 9.17) is 4.74 Å². The SMILES string of the molecule is COCCNC(=O)c1nc(C(=O)Nc2ccc(F)cc2)c2ccccn12. The van der Waals surface area contributed by atoms with Crippen LogP contribution in [0.3, 0.4) is 0 Å².